The first-order valence-electron chi connectivity index (χ1n) is 9.64. The summed E-state index contributed by atoms with van der Waals surface area (Å²) in [4.78, 5) is 12.0. The van der Waals surface area contributed by atoms with E-state index in [9.17, 15) is 0 Å². The Labute approximate surface area is 180 Å². The summed E-state index contributed by atoms with van der Waals surface area (Å²) in [7, 11) is 6.35. The minimum atomic E-state index is 0. The zero-order chi connectivity index (χ0) is 17.7. The molecule has 0 radical (unpaired) electrons. The van der Waals surface area contributed by atoms with E-state index < -0.39 is 0 Å². The van der Waals surface area contributed by atoms with Gasteiger partial charge >= 0.3 is 0 Å². The van der Waals surface area contributed by atoms with Crippen LogP contribution in [-0.4, -0.2) is 111 Å². The molecule has 0 saturated carbocycles. The van der Waals surface area contributed by atoms with Gasteiger partial charge in [-0.25, -0.2) is 0 Å². The topological polar surface area (TPSA) is 43.3 Å². The first-order chi connectivity index (χ1) is 12.1. The van der Waals surface area contributed by atoms with Gasteiger partial charge in [0.25, 0.3) is 0 Å². The van der Waals surface area contributed by atoms with Crippen LogP contribution in [-0.2, 0) is 4.74 Å². The number of nitrogens with zero attached hydrogens (tertiary/aromatic N) is 4. The van der Waals surface area contributed by atoms with Crippen LogP contribution < -0.4 is 5.32 Å². The zero-order valence-electron chi connectivity index (χ0n) is 16.6. The lowest BCUT2D eigenvalue weighted by Crippen LogP contribution is -2.55. The molecule has 0 bridgehead atoms. The molecule has 3 rings (SSSR count). The van der Waals surface area contributed by atoms with Crippen LogP contribution in [0.1, 0.15) is 12.8 Å². The molecular weight excluding hydrogens is 461 g/mol. The lowest BCUT2D eigenvalue weighted by molar-refractivity contribution is 0.0315. The van der Waals surface area contributed by atoms with Gasteiger partial charge in [-0.2, -0.15) is 11.8 Å². The lowest BCUT2D eigenvalue weighted by atomic mass is 9.97. The van der Waals surface area contributed by atoms with Crippen molar-refractivity contribution in [2.75, 3.05) is 85.1 Å². The first kappa shape index (κ1) is 22.5. The molecule has 3 heterocycles. The predicted octanol–water partition coefficient (Wildman–Crippen LogP) is 1.27. The molecule has 3 aliphatic rings. The number of morpholine rings is 1. The number of nitrogens with one attached hydrogen (secondary N) is 1. The van der Waals surface area contributed by atoms with Crippen molar-refractivity contribution in [3.8, 4) is 0 Å². The lowest BCUT2D eigenvalue weighted by Gasteiger charge is -2.37. The molecule has 0 spiro atoms. The highest BCUT2D eigenvalue weighted by atomic mass is 127. The van der Waals surface area contributed by atoms with Gasteiger partial charge in [0.2, 0.25) is 0 Å². The highest BCUT2D eigenvalue weighted by Crippen LogP contribution is 2.31. The van der Waals surface area contributed by atoms with E-state index in [0.717, 1.165) is 57.8 Å². The van der Waals surface area contributed by atoms with E-state index in [0.29, 0.717) is 0 Å². The van der Waals surface area contributed by atoms with E-state index >= 15 is 0 Å². The average Bonchev–Trinajstić information content (AvgIpc) is 3.27. The largest absolute Gasteiger partial charge is 0.379 e. The summed E-state index contributed by atoms with van der Waals surface area (Å²) in [6.45, 7) is 8.41. The number of ether oxygens (including phenoxy) is 1. The molecule has 3 saturated heterocycles. The fourth-order valence-electron chi connectivity index (χ4n) is 4.15. The number of rotatable bonds is 5. The molecule has 0 aromatic rings. The Morgan fingerprint density at radius 2 is 2.08 bits per heavy atom. The number of aliphatic imine (C=N–C) groups is 1. The maximum absolute atomic E-state index is 5.46. The second-order valence-electron chi connectivity index (χ2n) is 7.84. The normalized spacial score (nSPS) is 30.7. The Morgan fingerprint density at radius 1 is 1.31 bits per heavy atom. The number of guanidine groups is 1. The van der Waals surface area contributed by atoms with Gasteiger partial charge in [-0.15, -0.1) is 24.0 Å². The molecule has 6 nitrogen and oxygen atoms in total. The molecule has 26 heavy (non-hydrogen) atoms. The monoisotopic (exact) mass is 497 g/mol. The van der Waals surface area contributed by atoms with Crippen molar-refractivity contribution >= 4 is 41.7 Å². The summed E-state index contributed by atoms with van der Waals surface area (Å²) in [5, 5.41) is 3.69. The summed E-state index contributed by atoms with van der Waals surface area (Å²) in [5.41, 5.74) is 0.271. The van der Waals surface area contributed by atoms with Gasteiger partial charge in [0.05, 0.1) is 13.2 Å². The van der Waals surface area contributed by atoms with Gasteiger partial charge < -0.3 is 19.9 Å². The maximum Gasteiger partial charge on any atom is 0.193 e. The minimum absolute atomic E-state index is 0. The zero-order valence-corrected chi connectivity index (χ0v) is 19.7. The fourth-order valence-corrected chi connectivity index (χ4v) is 5.70. The summed E-state index contributed by atoms with van der Waals surface area (Å²) < 4.78 is 5.46. The number of likely N-dealkylation sites (tertiary alicyclic amines) is 1. The molecule has 1 N–H and O–H groups in total. The Balaban J connectivity index is 0.00000243. The predicted molar refractivity (Wildman–Crippen MR) is 122 cm³/mol. The average molecular weight is 497 g/mol. The highest BCUT2D eigenvalue weighted by molar-refractivity contribution is 14.0. The fraction of sp³-hybridized carbons (Fsp3) is 0.944. The van der Waals surface area contributed by atoms with Crippen LogP contribution >= 0.6 is 35.7 Å². The van der Waals surface area contributed by atoms with Crippen molar-refractivity contribution in [1.82, 2.24) is 20.0 Å². The molecule has 2 unspecified atom stereocenters. The second-order valence-corrected chi connectivity index (χ2v) is 8.94. The van der Waals surface area contributed by atoms with Gasteiger partial charge in [0, 0.05) is 57.6 Å². The van der Waals surface area contributed by atoms with Gasteiger partial charge in [-0.05, 0) is 38.6 Å². The van der Waals surface area contributed by atoms with Crippen molar-refractivity contribution in [3.63, 3.8) is 0 Å². The molecule has 0 aromatic heterocycles. The molecule has 3 aliphatic heterocycles. The molecule has 0 aromatic carbocycles. The second kappa shape index (κ2) is 10.7. The molecule has 0 amide bonds. The molecule has 3 fully saturated rings. The van der Waals surface area contributed by atoms with Crippen molar-refractivity contribution in [2.24, 2.45) is 10.9 Å². The summed E-state index contributed by atoms with van der Waals surface area (Å²) in [6.07, 6.45) is 2.53. The van der Waals surface area contributed by atoms with E-state index in [1.807, 2.05) is 7.05 Å². The van der Waals surface area contributed by atoms with Gasteiger partial charge in [-0.3, -0.25) is 9.89 Å². The van der Waals surface area contributed by atoms with E-state index in [-0.39, 0.29) is 29.5 Å². The highest BCUT2D eigenvalue weighted by Gasteiger charge is 2.37. The Bertz CT molecular complexity index is 453. The number of halogens is 1. The Hall–Kier alpha value is 0.230. The van der Waals surface area contributed by atoms with E-state index in [2.05, 4.69) is 50.9 Å². The van der Waals surface area contributed by atoms with Crippen LogP contribution in [0.15, 0.2) is 4.99 Å². The third-order valence-electron chi connectivity index (χ3n) is 6.02. The quantitative estimate of drug-likeness (QED) is 0.351. The van der Waals surface area contributed by atoms with Crippen LogP contribution in [0.25, 0.3) is 0 Å². The standard InChI is InChI=1S/C18H35N5OS.HI/c1-19-17(20-14-18(21(2)3)5-11-25-15-18)23-6-4-16(13-23)12-22-7-9-24-10-8-22;/h16H,4-15H2,1-3H3,(H,19,20);1H. The molecule has 152 valence electrons. The van der Waals surface area contributed by atoms with Crippen LogP contribution in [0.4, 0.5) is 0 Å². The van der Waals surface area contributed by atoms with Crippen LogP contribution in [0.3, 0.4) is 0 Å². The first-order valence-corrected chi connectivity index (χ1v) is 10.8. The van der Waals surface area contributed by atoms with Gasteiger partial charge in [0.15, 0.2) is 5.96 Å². The van der Waals surface area contributed by atoms with Crippen molar-refractivity contribution in [3.05, 3.63) is 0 Å². The molecule has 8 heteroatoms. The van der Waals surface area contributed by atoms with Crippen molar-refractivity contribution in [1.29, 1.82) is 0 Å². The Kier molecular flexibility index (Phi) is 9.26. The minimum Gasteiger partial charge on any atom is -0.379 e. The number of hydrogen-bond donors (Lipinski definition) is 1. The SMILES string of the molecule is CN=C(NCC1(N(C)C)CCSC1)N1CCC(CN2CCOCC2)C1.I. The van der Waals surface area contributed by atoms with E-state index in [4.69, 9.17) is 4.74 Å². The number of hydrogen-bond acceptors (Lipinski definition) is 5. The van der Waals surface area contributed by atoms with Crippen LogP contribution in [0.2, 0.25) is 0 Å². The Morgan fingerprint density at radius 3 is 2.69 bits per heavy atom. The van der Waals surface area contributed by atoms with Crippen LogP contribution in [0.5, 0.6) is 0 Å². The van der Waals surface area contributed by atoms with Gasteiger partial charge in [0.1, 0.15) is 0 Å². The molecule has 2 atom stereocenters. The van der Waals surface area contributed by atoms with Crippen molar-refractivity contribution < 1.29 is 4.74 Å². The summed E-state index contributed by atoms with van der Waals surface area (Å²) in [5.74, 6) is 4.32. The maximum atomic E-state index is 5.46. The summed E-state index contributed by atoms with van der Waals surface area (Å²) >= 11 is 2.07. The van der Waals surface area contributed by atoms with Crippen molar-refractivity contribution in [2.45, 2.75) is 18.4 Å². The summed E-state index contributed by atoms with van der Waals surface area (Å²) in [6, 6.07) is 0. The molecule has 0 aliphatic carbocycles. The van der Waals surface area contributed by atoms with E-state index in [1.54, 1.807) is 0 Å². The van der Waals surface area contributed by atoms with E-state index in [1.165, 1.54) is 30.9 Å². The number of likely N-dealkylation sites (N-methyl/N-ethyl adjacent to an activating group) is 1. The third kappa shape index (κ3) is 5.62. The smallest absolute Gasteiger partial charge is 0.193 e. The van der Waals surface area contributed by atoms with Crippen LogP contribution in [0, 0.1) is 5.92 Å². The number of thioether (sulfide) groups is 1. The molecular formula is C18H36IN5OS. The third-order valence-corrected chi connectivity index (χ3v) is 7.26. The van der Waals surface area contributed by atoms with Gasteiger partial charge in [-0.1, -0.05) is 0 Å².